The molecule has 0 aliphatic carbocycles. The van der Waals surface area contributed by atoms with Gasteiger partial charge in [-0.15, -0.1) is 10.2 Å². The molecule has 0 fully saturated rings. The number of carbonyl (C=O) groups excluding carboxylic acids is 1. The zero-order chi connectivity index (χ0) is 13.0. The number of H-pyrrole nitrogens is 1. The molecule has 0 spiro atoms. The van der Waals surface area contributed by atoms with Gasteiger partial charge in [-0.2, -0.15) is 5.21 Å². The highest BCUT2D eigenvalue weighted by Crippen LogP contribution is 2.17. The molecular formula is C10H12ClN5O2. The van der Waals surface area contributed by atoms with Gasteiger partial charge in [0.2, 0.25) is 0 Å². The molecular weight excluding hydrogens is 258 g/mol. The van der Waals surface area contributed by atoms with Gasteiger partial charge >= 0.3 is 0 Å². The van der Waals surface area contributed by atoms with E-state index in [4.69, 9.17) is 16.0 Å². The Morgan fingerprint density at radius 1 is 1.61 bits per heavy atom. The first-order valence-corrected chi connectivity index (χ1v) is 5.88. The van der Waals surface area contributed by atoms with Crippen LogP contribution in [0.1, 0.15) is 42.2 Å². The van der Waals surface area contributed by atoms with E-state index >= 15 is 0 Å². The molecule has 8 heteroatoms. The van der Waals surface area contributed by atoms with Gasteiger partial charge in [-0.25, -0.2) is 0 Å². The third-order valence-corrected chi connectivity index (χ3v) is 2.56. The molecule has 18 heavy (non-hydrogen) atoms. The summed E-state index contributed by atoms with van der Waals surface area (Å²) in [5.74, 6) is 0.248. The molecule has 2 aromatic heterocycles. The van der Waals surface area contributed by atoms with Gasteiger partial charge in [-0.05, 0) is 30.2 Å². The minimum absolute atomic E-state index is 0.157. The van der Waals surface area contributed by atoms with Crippen LogP contribution in [0.5, 0.6) is 0 Å². The summed E-state index contributed by atoms with van der Waals surface area (Å²) in [5, 5.41) is 16.5. The fourth-order valence-electron chi connectivity index (χ4n) is 1.54. The van der Waals surface area contributed by atoms with Crippen LogP contribution in [-0.2, 0) is 0 Å². The SMILES string of the molecule is CCC[C@H](NC(=O)c1ccc(Cl)o1)c1nn[nH]n1. The number of nitrogens with one attached hydrogen (secondary N) is 2. The predicted octanol–water partition coefficient (Wildman–Crippen LogP) is 1.72. The number of rotatable bonds is 5. The lowest BCUT2D eigenvalue weighted by Gasteiger charge is -2.13. The molecule has 2 heterocycles. The second-order valence-electron chi connectivity index (χ2n) is 3.69. The molecule has 0 aliphatic heterocycles. The van der Waals surface area contributed by atoms with Gasteiger partial charge in [0.1, 0.15) is 0 Å². The Balaban J connectivity index is 2.07. The Bertz CT molecular complexity index is 510. The fourth-order valence-corrected chi connectivity index (χ4v) is 1.68. The maximum atomic E-state index is 11.9. The summed E-state index contributed by atoms with van der Waals surface area (Å²) in [7, 11) is 0. The van der Waals surface area contributed by atoms with Crippen LogP contribution < -0.4 is 5.32 Å². The molecule has 2 aromatic rings. The van der Waals surface area contributed by atoms with Crippen molar-refractivity contribution in [3.05, 3.63) is 28.9 Å². The Kier molecular flexibility index (Phi) is 3.93. The van der Waals surface area contributed by atoms with Crippen molar-refractivity contribution >= 4 is 17.5 Å². The first-order chi connectivity index (χ1) is 8.70. The average Bonchev–Trinajstić information content (AvgIpc) is 2.98. The van der Waals surface area contributed by atoms with Gasteiger partial charge in [0.25, 0.3) is 5.91 Å². The third kappa shape index (κ3) is 2.86. The fraction of sp³-hybridized carbons (Fsp3) is 0.400. The predicted molar refractivity (Wildman–Crippen MR) is 63.0 cm³/mol. The van der Waals surface area contributed by atoms with Crippen LogP contribution in [0.4, 0.5) is 0 Å². The van der Waals surface area contributed by atoms with Gasteiger partial charge in [-0.1, -0.05) is 18.6 Å². The van der Waals surface area contributed by atoms with E-state index in [2.05, 4.69) is 25.9 Å². The summed E-state index contributed by atoms with van der Waals surface area (Å²) in [6.07, 6.45) is 1.58. The molecule has 2 rings (SSSR count). The zero-order valence-corrected chi connectivity index (χ0v) is 10.4. The van der Waals surface area contributed by atoms with E-state index in [1.807, 2.05) is 6.92 Å². The van der Waals surface area contributed by atoms with Crippen LogP contribution in [0.25, 0.3) is 0 Å². The molecule has 0 bridgehead atoms. The van der Waals surface area contributed by atoms with Crippen LogP contribution in [0, 0.1) is 0 Å². The van der Waals surface area contributed by atoms with Crippen molar-refractivity contribution in [2.75, 3.05) is 0 Å². The monoisotopic (exact) mass is 269 g/mol. The minimum Gasteiger partial charge on any atom is -0.440 e. The number of hydrogen-bond acceptors (Lipinski definition) is 5. The summed E-state index contributed by atoms with van der Waals surface area (Å²) in [5.41, 5.74) is 0. The lowest BCUT2D eigenvalue weighted by atomic mass is 10.1. The van der Waals surface area contributed by atoms with Crippen molar-refractivity contribution in [1.82, 2.24) is 25.9 Å². The van der Waals surface area contributed by atoms with Gasteiger partial charge in [0.15, 0.2) is 16.8 Å². The highest BCUT2D eigenvalue weighted by molar-refractivity contribution is 6.29. The van der Waals surface area contributed by atoms with E-state index in [0.717, 1.165) is 6.42 Å². The molecule has 7 nitrogen and oxygen atoms in total. The summed E-state index contributed by atoms with van der Waals surface area (Å²) >= 11 is 5.62. The maximum absolute atomic E-state index is 11.9. The number of aromatic nitrogens is 4. The number of halogens is 1. The molecule has 1 amide bonds. The number of aromatic amines is 1. The largest absolute Gasteiger partial charge is 0.440 e. The van der Waals surface area contributed by atoms with Crippen LogP contribution >= 0.6 is 11.6 Å². The highest BCUT2D eigenvalue weighted by Gasteiger charge is 2.20. The average molecular weight is 270 g/mol. The lowest BCUT2D eigenvalue weighted by Crippen LogP contribution is -2.29. The molecule has 1 atom stereocenters. The molecule has 96 valence electrons. The van der Waals surface area contributed by atoms with Gasteiger partial charge in [0.05, 0.1) is 6.04 Å². The van der Waals surface area contributed by atoms with E-state index in [-0.39, 0.29) is 22.9 Å². The second-order valence-corrected chi connectivity index (χ2v) is 4.06. The first kappa shape index (κ1) is 12.6. The molecule has 0 saturated carbocycles. The summed E-state index contributed by atoms with van der Waals surface area (Å²) < 4.78 is 5.03. The molecule has 0 radical (unpaired) electrons. The second kappa shape index (κ2) is 5.63. The smallest absolute Gasteiger partial charge is 0.287 e. The first-order valence-electron chi connectivity index (χ1n) is 5.50. The van der Waals surface area contributed by atoms with Crippen LogP contribution in [0.3, 0.4) is 0 Å². The number of nitrogens with zero attached hydrogens (tertiary/aromatic N) is 3. The number of carbonyl (C=O) groups is 1. The number of furan rings is 1. The van der Waals surface area contributed by atoms with Gasteiger partial charge in [0, 0.05) is 0 Å². The highest BCUT2D eigenvalue weighted by atomic mass is 35.5. The van der Waals surface area contributed by atoms with E-state index in [0.29, 0.717) is 12.2 Å². The maximum Gasteiger partial charge on any atom is 0.287 e. The Morgan fingerprint density at radius 2 is 2.44 bits per heavy atom. The van der Waals surface area contributed by atoms with E-state index < -0.39 is 0 Å². The van der Waals surface area contributed by atoms with E-state index in [1.54, 1.807) is 0 Å². The molecule has 2 N–H and O–H groups in total. The van der Waals surface area contributed by atoms with Crippen molar-refractivity contribution in [3.63, 3.8) is 0 Å². The zero-order valence-electron chi connectivity index (χ0n) is 9.68. The van der Waals surface area contributed by atoms with Crippen molar-refractivity contribution < 1.29 is 9.21 Å². The van der Waals surface area contributed by atoms with Crippen molar-refractivity contribution in [3.8, 4) is 0 Å². The lowest BCUT2D eigenvalue weighted by molar-refractivity contribution is 0.0904. The number of amides is 1. The molecule has 0 saturated heterocycles. The molecule has 0 aliphatic rings. The van der Waals surface area contributed by atoms with Crippen molar-refractivity contribution in [1.29, 1.82) is 0 Å². The quantitative estimate of drug-likeness (QED) is 0.861. The van der Waals surface area contributed by atoms with Crippen molar-refractivity contribution in [2.45, 2.75) is 25.8 Å². The van der Waals surface area contributed by atoms with E-state index in [1.165, 1.54) is 12.1 Å². The van der Waals surface area contributed by atoms with Crippen LogP contribution in [0.2, 0.25) is 5.22 Å². The Hall–Kier alpha value is -1.89. The van der Waals surface area contributed by atoms with Crippen molar-refractivity contribution in [2.24, 2.45) is 0 Å². The number of hydrogen-bond donors (Lipinski definition) is 2. The Labute approximate surface area is 108 Å². The summed E-state index contributed by atoms with van der Waals surface area (Å²) in [6.45, 7) is 2.00. The van der Waals surface area contributed by atoms with Crippen LogP contribution in [0.15, 0.2) is 16.5 Å². The molecule has 0 unspecified atom stereocenters. The minimum atomic E-state index is -0.356. The summed E-state index contributed by atoms with van der Waals surface area (Å²) in [4.78, 5) is 11.9. The standard InChI is InChI=1S/C10H12ClN5O2/c1-2-3-6(9-13-15-16-14-9)12-10(17)7-4-5-8(11)18-7/h4-6H,2-3H2,1H3,(H,12,17)(H,13,14,15,16)/t6-/m0/s1. The Morgan fingerprint density at radius 3 is 3.00 bits per heavy atom. The number of tetrazole rings is 1. The van der Waals surface area contributed by atoms with Crippen LogP contribution in [-0.4, -0.2) is 26.5 Å². The summed E-state index contributed by atoms with van der Waals surface area (Å²) in [6, 6.07) is 2.72. The third-order valence-electron chi connectivity index (χ3n) is 2.35. The van der Waals surface area contributed by atoms with Gasteiger partial charge < -0.3 is 9.73 Å². The van der Waals surface area contributed by atoms with E-state index in [9.17, 15) is 4.79 Å². The normalized spacial score (nSPS) is 12.3. The molecule has 0 aromatic carbocycles. The van der Waals surface area contributed by atoms with Gasteiger partial charge in [-0.3, -0.25) is 4.79 Å². The topological polar surface area (TPSA) is 96.7 Å².